The Morgan fingerprint density at radius 2 is 1.83 bits per heavy atom. The predicted octanol–water partition coefficient (Wildman–Crippen LogP) is 1.98. The van der Waals surface area contributed by atoms with Crippen molar-refractivity contribution < 1.29 is 23.8 Å². The summed E-state index contributed by atoms with van der Waals surface area (Å²) in [6, 6.07) is 8.05. The third kappa shape index (κ3) is 3.75. The van der Waals surface area contributed by atoms with Crippen molar-refractivity contribution in [2.75, 3.05) is 13.7 Å². The van der Waals surface area contributed by atoms with Gasteiger partial charge in [0.25, 0.3) is 5.91 Å². The summed E-state index contributed by atoms with van der Waals surface area (Å²) < 4.78 is 19.4. The fourth-order valence-electron chi connectivity index (χ4n) is 2.27. The SMILES string of the molecule is COCC(NC(=O)c1ccc(C(=O)O)n1C)c1ccc(F)cc1. The number of methoxy groups -OCH3 is 1. The van der Waals surface area contributed by atoms with Crippen molar-refractivity contribution in [3.63, 3.8) is 0 Å². The van der Waals surface area contributed by atoms with Crippen LogP contribution in [0.15, 0.2) is 36.4 Å². The van der Waals surface area contributed by atoms with E-state index in [2.05, 4.69) is 5.32 Å². The molecule has 0 aliphatic carbocycles. The molecule has 6 nitrogen and oxygen atoms in total. The fraction of sp³-hybridized carbons (Fsp3) is 0.250. The molecular weight excluding hydrogens is 303 g/mol. The molecule has 0 saturated heterocycles. The number of rotatable bonds is 6. The number of hydrogen-bond donors (Lipinski definition) is 2. The Morgan fingerprint density at radius 1 is 1.22 bits per heavy atom. The van der Waals surface area contributed by atoms with Gasteiger partial charge < -0.3 is 19.7 Å². The number of amides is 1. The van der Waals surface area contributed by atoms with Gasteiger partial charge in [-0.3, -0.25) is 4.79 Å². The lowest BCUT2D eigenvalue weighted by atomic mass is 10.1. The minimum atomic E-state index is -1.11. The van der Waals surface area contributed by atoms with Crippen molar-refractivity contribution in [3.8, 4) is 0 Å². The van der Waals surface area contributed by atoms with Crippen molar-refractivity contribution >= 4 is 11.9 Å². The molecule has 1 atom stereocenters. The lowest BCUT2D eigenvalue weighted by Gasteiger charge is -2.18. The van der Waals surface area contributed by atoms with Gasteiger partial charge in [-0.2, -0.15) is 0 Å². The molecule has 2 N–H and O–H groups in total. The van der Waals surface area contributed by atoms with Crippen LogP contribution in [0.2, 0.25) is 0 Å². The highest BCUT2D eigenvalue weighted by atomic mass is 19.1. The molecule has 7 heteroatoms. The summed E-state index contributed by atoms with van der Waals surface area (Å²) in [5.74, 6) is -1.92. The van der Waals surface area contributed by atoms with Gasteiger partial charge in [0.1, 0.15) is 17.2 Å². The van der Waals surface area contributed by atoms with Crippen LogP contribution >= 0.6 is 0 Å². The lowest BCUT2D eigenvalue weighted by molar-refractivity contribution is 0.0686. The number of hydrogen-bond acceptors (Lipinski definition) is 3. The molecule has 1 heterocycles. The van der Waals surface area contributed by atoms with Crippen LogP contribution in [0.1, 0.15) is 32.6 Å². The minimum absolute atomic E-state index is 0.0141. The van der Waals surface area contributed by atoms with Gasteiger partial charge >= 0.3 is 5.97 Å². The summed E-state index contributed by atoms with van der Waals surface area (Å²) in [6.45, 7) is 0.202. The van der Waals surface area contributed by atoms with E-state index in [1.165, 1.54) is 43.0 Å². The summed E-state index contributed by atoms with van der Waals surface area (Å²) in [7, 11) is 3.00. The Balaban J connectivity index is 2.21. The Kier molecular flexibility index (Phi) is 5.13. The number of benzene rings is 1. The number of carbonyl (C=O) groups excluding carboxylic acids is 1. The standard InChI is InChI=1S/C16H17FN2O4/c1-19-13(7-8-14(19)16(21)22)15(20)18-12(9-23-2)10-3-5-11(17)6-4-10/h3-8,12H,9H2,1-2H3,(H,18,20)(H,21,22). The summed E-state index contributed by atoms with van der Waals surface area (Å²) in [6.07, 6.45) is 0. The van der Waals surface area contributed by atoms with Crippen molar-refractivity contribution in [2.24, 2.45) is 7.05 Å². The van der Waals surface area contributed by atoms with Crippen LogP contribution < -0.4 is 5.32 Å². The van der Waals surface area contributed by atoms with Gasteiger partial charge in [0.15, 0.2) is 0 Å². The molecule has 1 amide bonds. The first kappa shape index (κ1) is 16.7. The molecule has 2 rings (SSSR count). The Hall–Kier alpha value is -2.67. The van der Waals surface area contributed by atoms with E-state index in [-0.39, 0.29) is 23.8 Å². The molecule has 23 heavy (non-hydrogen) atoms. The number of nitrogens with zero attached hydrogens (tertiary/aromatic N) is 1. The molecule has 1 unspecified atom stereocenters. The van der Waals surface area contributed by atoms with Gasteiger partial charge in [-0.15, -0.1) is 0 Å². The molecule has 1 aromatic heterocycles. The monoisotopic (exact) mass is 320 g/mol. The van der Waals surface area contributed by atoms with Gasteiger partial charge in [-0.25, -0.2) is 9.18 Å². The Labute approximate surface area is 132 Å². The van der Waals surface area contributed by atoms with E-state index in [1.807, 2.05) is 0 Å². The van der Waals surface area contributed by atoms with Crippen LogP contribution in [0.5, 0.6) is 0 Å². The van der Waals surface area contributed by atoms with E-state index in [0.29, 0.717) is 5.56 Å². The Bertz CT molecular complexity index is 709. The number of carbonyl (C=O) groups is 2. The molecule has 0 spiro atoms. The number of carboxylic acids is 1. The highest BCUT2D eigenvalue weighted by Gasteiger charge is 2.20. The van der Waals surface area contributed by atoms with E-state index < -0.39 is 17.9 Å². The van der Waals surface area contributed by atoms with Gasteiger partial charge in [-0.05, 0) is 29.8 Å². The molecule has 1 aromatic carbocycles. The van der Waals surface area contributed by atoms with Crippen molar-refractivity contribution in [3.05, 3.63) is 59.2 Å². The van der Waals surface area contributed by atoms with Gasteiger partial charge in [-0.1, -0.05) is 12.1 Å². The van der Waals surface area contributed by atoms with E-state index in [1.54, 1.807) is 12.1 Å². The molecule has 0 saturated carbocycles. The van der Waals surface area contributed by atoms with Crippen LogP contribution in [0.3, 0.4) is 0 Å². The molecule has 0 aliphatic heterocycles. The number of aromatic carboxylic acids is 1. The minimum Gasteiger partial charge on any atom is -0.477 e. The summed E-state index contributed by atoms with van der Waals surface area (Å²) in [5.41, 5.74) is 0.917. The third-order valence-electron chi connectivity index (χ3n) is 3.48. The topological polar surface area (TPSA) is 80.6 Å². The zero-order valence-electron chi connectivity index (χ0n) is 12.7. The highest BCUT2D eigenvalue weighted by molar-refractivity contribution is 5.96. The average molecular weight is 320 g/mol. The van der Waals surface area contributed by atoms with Crippen molar-refractivity contribution in [2.45, 2.75) is 6.04 Å². The number of ether oxygens (including phenoxy) is 1. The second-order valence-corrected chi connectivity index (χ2v) is 5.00. The predicted molar refractivity (Wildman–Crippen MR) is 80.9 cm³/mol. The number of carboxylic acid groups (broad SMARTS) is 1. The second-order valence-electron chi connectivity index (χ2n) is 5.00. The molecule has 0 aliphatic rings. The van der Waals surface area contributed by atoms with Gasteiger partial charge in [0, 0.05) is 14.2 Å². The first-order valence-corrected chi connectivity index (χ1v) is 6.88. The van der Waals surface area contributed by atoms with Crippen LogP contribution in [0.25, 0.3) is 0 Å². The van der Waals surface area contributed by atoms with E-state index in [4.69, 9.17) is 9.84 Å². The van der Waals surface area contributed by atoms with Crippen LogP contribution in [0.4, 0.5) is 4.39 Å². The van der Waals surface area contributed by atoms with Crippen LogP contribution in [0, 0.1) is 5.82 Å². The molecule has 0 fully saturated rings. The smallest absolute Gasteiger partial charge is 0.352 e. The van der Waals surface area contributed by atoms with E-state index >= 15 is 0 Å². The molecule has 0 radical (unpaired) electrons. The maximum Gasteiger partial charge on any atom is 0.352 e. The molecule has 0 bridgehead atoms. The Morgan fingerprint density at radius 3 is 2.35 bits per heavy atom. The number of halogens is 1. The van der Waals surface area contributed by atoms with Crippen LogP contribution in [-0.4, -0.2) is 35.3 Å². The summed E-state index contributed by atoms with van der Waals surface area (Å²) in [5, 5.41) is 11.8. The first-order valence-electron chi connectivity index (χ1n) is 6.88. The number of aromatic nitrogens is 1. The summed E-state index contributed by atoms with van der Waals surface area (Å²) >= 11 is 0. The van der Waals surface area contributed by atoms with Crippen molar-refractivity contribution in [1.82, 2.24) is 9.88 Å². The summed E-state index contributed by atoms with van der Waals surface area (Å²) in [4.78, 5) is 23.4. The first-order chi connectivity index (χ1) is 10.9. The molecule has 2 aromatic rings. The lowest BCUT2D eigenvalue weighted by Crippen LogP contribution is -2.32. The average Bonchev–Trinajstić information content (AvgIpc) is 2.89. The van der Waals surface area contributed by atoms with Gasteiger partial charge in [0.05, 0.1) is 12.6 Å². The van der Waals surface area contributed by atoms with E-state index in [0.717, 1.165) is 0 Å². The largest absolute Gasteiger partial charge is 0.477 e. The van der Waals surface area contributed by atoms with Crippen molar-refractivity contribution in [1.29, 1.82) is 0 Å². The molecular formula is C16H17FN2O4. The van der Waals surface area contributed by atoms with E-state index in [9.17, 15) is 14.0 Å². The quantitative estimate of drug-likeness (QED) is 0.853. The highest BCUT2D eigenvalue weighted by Crippen LogP contribution is 2.16. The van der Waals surface area contributed by atoms with Gasteiger partial charge in [0.2, 0.25) is 0 Å². The number of nitrogens with one attached hydrogen (secondary N) is 1. The maximum absolute atomic E-state index is 13.0. The normalized spacial score (nSPS) is 12.0. The second kappa shape index (κ2) is 7.06. The zero-order valence-corrected chi connectivity index (χ0v) is 12.7. The van der Waals surface area contributed by atoms with Crippen LogP contribution in [-0.2, 0) is 11.8 Å². The fourth-order valence-corrected chi connectivity index (χ4v) is 2.27. The zero-order chi connectivity index (χ0) is 17.0. The third-order valence-corrected chi connectivity index (χ3v) is 3.48. The molecule has 122 valence electrons. The maximum atomic E-state index is 13.0.